The van der Waals surface area contributed by atoms with Crippen LogP contribution in [0.3, 0.4) is 0 Å². The fraction of sp³-hybridized carbons (Fsp3) is 0.316. The normalized spacial score (nSPS) is 29.3. The van der Waals surface area contributed by atoms with E-state index in [0.717, 1.165) is 17.1 Å². The molecule has 2 aliphatic heterocycles. The second-order valence-electron chi connectivity index (χ2n) is 6.73. The molecule has 2 heterocycles. The van der Waals surface area contributed by atoms with Crippen LogP contribution in [0, 0.1) is 5.41 Å². The lowest BCUT2D eigenvalue weighted by Gasteiger charge is -2.43. The summed E-state index contributed by atoms with van der Waals surface area (Å²) in [5.41, 5.74) is 4.99. The Balaban J connectivity index is 1.91. The van der Waals surface area contributed by atoms with Crippen LogP contribution < -0.4 is 10.6 Å². The summed E-state index contributed by atoms with van der Waals surface area (Å²) in [4.78, 5) is 0.948. The fourth-order valence-corrected chi connectivity index (χ4v) is 4.32. The zero-order valence-corrected chi connectivity index (χ0v) is 13.7. The van der Waals surface area contributed by atoms with Gasteiger partial charge in [0.2, 0.25) is 0 Å². The Morgan fingerprint density at radius 2 is 1.64 bits per heavy atom. The van der Waals surface area contributed by atoms with Gasteiger partial charge in [0.1, 0.15) is 0 Å². The number of anilines is 2. The topological polar surface area (TPSA) is 24.1 Å². The monoisotopic (exact) mass is 308 g/mol. The molecule has 2 aromatic carbocycles. The maximum absolute atomic E-state index is 5.77. The van der Waals surface area contributed by atoms with Gasteiger partial charge in [-0.3, -0.25) is 0 Å². The molecule has 0 aromatic heterocycles. The van der Waals surface area contributed by atoms with Gasteiger partial charge in [-0.05, 0) is 35.6 Å². The van der Waals surface area contributed by atoms with Crippen molar-refractivity contribution in [3.8, 4) is 0 Å². The number of hydrogen-bond donors (Lipinski definition) is 2. The highest BCUT2D eigenvalue weighted by Crippen LogP contribution is 2.52. The maximum atomic E-state index is 5.77. The first-order valence-corrected chi connectivity index (χ1v) is 8.26. The molecule has 0 fully saturated rings. The Kier molecular flexibility index (Phi) is 3.01. The highest BCUT2D eigenvalue weighted by atomic mass is 32.1. The van der Waals surface area contributed by atoms with Crippen LogP contribution in [-0.4, -0.2) is 4.99 Å². The quantitative estimate of drug-likeness (QED) is 0.662. The van der Waals surface area contributed by atoms with Crippen molar-refractivity contribution in [3.05, 3.63) is 59.7 Å². The van der Waals surface area contributed by atoms with E-state index in [-0.39, 0.29) is 11.5 Å². The van der Waals surface area contributed by atoms with Crippen LogP contribution >= 0.6 is 12.2 Å². The lowest BCUT2D eigenvalue weighted by molar-refractivity contribution is 0.350. The molecule has 3 atom stereocenters. The van der Waals surface area contributed by atoms with E-state index in [2.05, 4.69) is 73.0 Å². The van der Waals surface area contributed by atoms with Gasteiger partial charge >= 0.3 is 0 Å². The molecule has 0 spiro atoms. The minimum absolute atomic E-state index is 0.0812. The second kappa shape index (κ2) is 4.82. The third-order valence-electron chi connectivity index (χ3n) is 5.20. The molecule has 4 rings (SSSR count). The summed E-state index contributed by atoms with van der Waals surface area (Å²) in [6.45, 7) is 4.59. The number of rotatable bonds is 0. The van der Waals surface area contributed by atoms with Gasteiger partial charge in [-0.2, -0.15) is 0 Å². The van der Waals surface area contributed by atoms with Crippen LogP contribution in [0.4, 0.5) is 11.4 Å². The van der Waals surface area contributed by atoms with Crippen molar-refractivity contribution < 1.29 is 0 Å². The van der Waals surface area contributed by atoms with Crippen molar-refractivity contribution >= 4 is 28.6 Å². The first-order chi connectivity index (χ1) is 10.6. The predicted octanol–water partition coefficient (Wildman–Crippen LogP) is 5.11. The van der Waals surface area contributed by atoms with Crippen molar-refractivity contribution in [1.29, 1.82) is 0 Å². The zero-order chi connectivity index (χ0) is 15.3. The number of thiocarbonyl (C=S) groups is 1. The summed E-state index contributed by atoms with van der Waals surface area (Å²) in [6, 6.07) is 17.3. The summed E-state index contributed by atoms with van der Waals surface area (Å²) >= 11 is 5.77. The largest absolute Gasteiger partial charge is 0.377 e. The molecule has 1 unspecified atom stereocenters. The maximum Gasteiger partial charge on any atom is 0.0881 e. The molecule has 3 heteroatoms. The first-order valence-electron chi connectivity index (χ1n) is 7.85. The van der Waals surface area contributed by atoms with E-state index in [1.807, 2.05) is 0 Å². The van der Waals surface area contributed by atoms with Crippen LogP contribution in [0.5, 0.6) is 0 Å². The smallest absolute Gasteiger partial charge is 0.0881 e. The molecule has 112 valence electrons. The van der Waals surface area contributed by atoms with Gasteiger partial charge in [0, 0.05) is 16.8 Å². The average molecular weight is 308 g/mol. The van der Waals surface area contributed by atoms with E-state index in [1.54, 1.807) is 0 Å². The molecule has 0 amide bonds. The van der Waals surface area contributed by atoms with E-state index in [4.69, 9.17) is 12.2 Å². The van der Waals surface area contributed by atoms with Gasteiger partial charge in [0.15, 0.2) is 0 Å². The molecule has 2 nitrogen and oxygen atoms in total. The van der Waals surface area contributed by atoms with Gasteiger partial charge in [0.05, 0.1) is 11.0 Å². The van der Waals surface area contributed by atoms with Crippen LogP contribution in [0.1, 0.15) is 43.4 Å². The Morgan fingerprint density at radius 3 is 2.41 bits per heavy atom. The number of benzene rings is 2. The van der Waals surface area contributed by atoms with Gasteiger partial charge in [-0.1, -0.05) is 62.5 Å². The molecule has 0 bridgehead atoms. The molecular formula is C19H20N2S. The van der Waals surface area contributed by atoms with E-state index in [9.17, 15) is 0 Å². The molecular weight excluding hydrogens is 288 g/mol. The van der Waals surface area contributed by atoms with Crippen LogP contribution in [-0.2, 0) is 0 Å². The van der Waals surface area contributed by atoms with Gasteiger partial charge in [-0.25, -0.2) is 0 Å². The summed E-state index contributed by atoms with van der Waals surface area (Å²) in [7, 11) is 0. The van der Waals surface area contributed by atoms with Crippen molar-refractivity contribution in [3.63, 3.8) is 0 Å². The van der Waals surface area contributed by atoms with Gasteiger partial charge in [0.25, 0.3) is 0 Å². The van der Waals surface area contributed by atoms with Crippen molar-refractivity contribution in [2.75, 3.05) is 10.6 Å². The van der Waals surface area contributed by atoms with E-state index < -0.39 is 0 Å². The average Bonchev–Trinajstić information content (AvgIpc) is 2.63. The SMILES string of the molecule is CC1C[C@]2(C)C(=S)Nc3ccccc3[C@@H]2Nc2ccccc21. The predicted molar refractivity (Wildman–Crippen MR) is 96.6 cm³/mol. The van der Waals surface area contributed by atoms with E-state index in [1.165, 1.54) is 16.8 Å². The van der Waals surface area contributed by atoms with Crippen molar-refractivity contribution in [1.82, 2.24) is 0 Å². The van der Waals surface area contributed by atoms with E-state index in [0.29, 0.717) is 5.92 Å². The van der Waals surface area contributed by atoms with E-state index >= 15 is 0 Å². The minimum atomic E-state index is -0.0812. The summed E-state index contributed by atoms with van der Waals surface area (Å²) < 4.78 is 0. The number of fused-ring (bicyclic) bond motifs is 4. The Labute approximate surface area is 136 Å². The minimum Gasteiger partial charge on any atom is -0.377 e. The van der Waals surface area contributed by atoms with Crippen LogP contribution in [0.2, 0.25) is 0 Å². The molecule has 2 N–H and O–H groups in total. The van der Waals surface area contributed by atoms with Crippen LogP contribution in [0.15, 0.2) is 48.5 Å². The summed E-state index contributed by atoms with van der Waals surface area (Å²) in [6.07, 6.45) is 1.04. The number of hydrogen-bond acceptors (Lipinski definition) is 2. The third kappa shape index (κ3) is 1.88. The molecule has 0 saturated carbocycles. The molecule has 0 saturated heterocycles. The van der Waals surface area contributed by atoms with Crippen molar-refractivity contribution in [2.24, 2.45) is 5.41 Å². The molecule has 22 heavy (non-hydrogen) atoms. The lowest BCUT2D eigenvalue weighted by Crippen LogP contribution is -2.44. The van der Waals surface area contributed by atoms with Crippen molar-refractivity contribution in [2.45, 2.75) is 32.2 Å². The molecule has 0 aliphatic carbocycles. The zero-order valence-electron chi connectivity index (χ0n) is 12.9. The number of nitrogens with one attached hydrogen (secondary N) is 2. The Bertz CT molecular complexity index is 755. The molecule has 0 radical (unpaired) electrons. The molecule has 2 aromatic rings. The Hall–Kier alpha value is -1.87. The second-order valence-corrected chi connectivity index (χ2v) is 7.14. The first kappa shape index (κ1) is 13.8. The standard InChI is InChI=1S/C19H20N2S/c1-12-11-19(2)17(20-15-9-5-3-7-13(12)15)14-8-4-6-10-16(14)21-18(19)22/h3-10,12,17,20H,11H2,1-2H3,(H,21,22)/t12?,17-,19-/m0/s1. The highest BCUT2D eigenvalue weighted by molar-refractivity contribution is 7.80. The fourth-order valence-electron chi connectivity index (χ4n) is 4.01. The highest BCUT2D eigenvalue weighted by Gasteiger charge is 2.46. The summed E-state index contributed by atoms with van der Waals surface area (Å²) in [5, 5.41) is 7.26. The Morgan fingerprint density at radius 1 is 1.00 bits per heavy atom. The summed E-state index contributed by atoms with van der Waals surface area (Å²) in [5.74, 6) is 0.476. The number of para-hydroxylation sites is 2. The third-order valence-corrected chi connectivity index (χ3v) is 5.77. The van der Waals surface area contributed by atoms with Gasteiger partial charge in [-0.15, -0.1) is 0 Å². The van der Waals surface area contributed by atoms with Crippen LogP contribution in [0.25, 0.3) is 0 Å². The van der Waals surface area contributed by atoms with Gasteiger partial charge < -0.3 is 10.6 Å². The lowest BCUT2D eigenvalue weighted by atomic mass is 9.70. The molecule has 2 aliphatic rings.